The number of hydrogen-bond donors (Lipinski definition) is 0. The van der Waals surface area contributed by atoms with Gasteiger partial charge in [0.1, 0.15) is 0 Å². The molecule has 1 aliphatic carbocycles. The highest BCUT2D eigenvalue weighted by molar-refractivity contribution is 5.69. The lowest BCUT2D eigenvalue weighted by molar-refractivity contribution is -0.141. The van der Waals surface area contributed by atoms with Crippen LogP contribution in [0.4, 0.5) is 0 Å². The van der Waals surface area contributed by atoms with Gasteiger partial charge < -0.3 is 9.64 Å². The standard InChI is InChI=1S/C16H23NO2/c1-17(2)15(9-10-16(18)19-3)14-8-7-12-5-4-6-13(12)11-14/h7-8,11,15H,4-6,9-10H2,1-3H3. The fourth-order valence-electron chi connectivity index (χ4n) is 2.88. The molecule has 0 N–H and O–H groups in total. The summed E-state index contributed by atoms with van der Waals surface area (Å²) in [6.07, 6.45) is 4.95. The predicted octanol–water partition coefficient (Wildman–Crippen LogP) is 2.73. The number of benzene rings is 1. The van der Waals surface area contributed by atoms with Crippen LogP contribution in [0, 0.1) is 0 Å². The van der Waals surface area contributed by atoms with Crippen LogP contribution in [-0.2, 0) is 22.4 Å². The van der Waals surface area contributed by atoms with Gasteiger partial charge in [-0.1, -0.05) is 18.2 Å². The third kappa shape index (κ3) is 3.35. The number of hydrogen-bond acceptors (Lipinski definition) is 3. The second-order valence-corrected chi connectivity index (χ2v) is 5.48. The Morgan fingerprint density at radius 1 is 1.32 bits per heavy atom. The molecule has 0 amide bonds. The highest BCUT2D eigenvalue weighted by Gasteiger charge is 2.18. The number of nitrogens with zero attached hydrogens (tertiary/aromatic N) is 1. The second kappa shape index (κ2) is 6.20. The molecule has 1 aromatic carbocycles. The Bertz CT molecular complexity index is 454. The molecule has 1 unspecified atom stereocenters. The van der Waals surface area contributed by atoms with Gasteiger partial charge in [-0.3, -0.25) is 4.79 Å². The summed E-state index contributed by atoms with van der Waals surface area (Å²) >= 11 is 0. The molecule has 1 atom stereocenters. The van der Waals surface area contributed by atoms with E-state index in [4.69, 9.17) is 4.74 Å². The van der Waals surface area contributed by atoms with Gasteiger partial charge in [-0.2, -0.15) is 0 Å². The van der Waals surface area contributed by atoms with Crippen LogP contribution in [0.15, 0.2) is 18.2 Å². The van der Waals surface area contributed by atoms with Gasteiger partial charge in [0.15, 0.2) is 0 Å². The van der Waals surface area contributed by atoms with E-state index in [1.54, 1.807) is 0 Å². The van der Waals surface area contributed by atoms with Crippen LogP contribution in [0.2, 0.25) is 0 Å². The van der Waals surface area contributed by atoms with E-state index in [-0.39, 0.29) is 12.0 Å². The molecular weight excluding hydrogens is 238 g/mol. The summed E-state index contributed by atoms with van der Waals surface area (Å²) in [5.74, 6) is -0.131. The minimum absolute atomic E-state index is 0.131. The van der Waals surface area contributed by atoms with Gasteiger partial charge >= 0.3 is 5.97 Å². The number of carbonyl (C=O) groups is 1. The van der Waals surface area contributed by atoms with Gasteiger partial charge in [0.05, 0.1) is 7.11 Å². The van der Waals surface area contributed by atoms with Crippen LogP contribution in [0.25, 0.3) is 0 Å². The number of rotatable bonds is 5. The van der Waals surface area contributed by atoms with Crippen LogP contribution in [0.5, 0.6) is 0 Å². The Morgan fingerprint density at radius 2 is 2.05 bits per heavy atom. The number of fused-ring (bicyclic) bond motifs is 1. The van der Waals surface area contributed by atoms with Crippen molar-refractivity contribution in [1.29, 1.82) is 0 Å². The summed E-state index contributed by atoms with van der Waals surface area (Å²) in [4.78, 5) is 13.5. The average molecular weight is 261 g/mol. The Hall–Kier alpha value is -1.35. The lowest BCUT2D eigenvalue weighted by atomic mass is 9.97. The first-order valence-corrected chi connectivity index (χ1v) is 6.96. The molecule has 0 radical (unpaired) electrons. The van der Waals surface area contributed by atoms with Crippen molar-refractivity contribution < 1.29 is 9.53 Å². The fourth-order valence-corrected chi connectivity index (χ4v) is 2.88. The molecule has 0 saturated heterocycles. The Balaban J connectivity index is 2.12. The van der Waals surface area contributed by atoms with Gasteiger partial charge in [0.2, 0.25) is 0 Å². The zero-order valence-corrected chi connectivity index (χ0v) is 12.1. The number of methoxy groups -OCH3 is 1. The molecule has 0 fully saturated rings. The molecule has 2 rings (SSSR count). The van der Waals surface area contributed by atoms with Gasteiger partial charge in [-0.25, -0.2) is 0 Å². The van der Waals surface area contributed by atoms with Crippen molar-refractivity contribution in [2.24, 2.45) is 0 Å². The SMILES string of the molecule is COC(=O)CCC(c1ccc2c(c1)CCC2)N(C)C. The summed E-state index contributed by atoms with van der Waals surface area (Å²) in [6, 6.07) is 7.08. The van der Waals surface area contributed by atoms with Gasteiger partial charge in [0, 0.05) is 12.5 Å². The smallest absolute Gasteiger partial charge is 0.305 e. The minimum Gasteiger partial charge on any atom is -0.469 e. The Kier molecular flexibility index (Phi) is 4.59. The van der Waals surface area contributed by atoms with E-state index in [0.717, 1.165) is 6.42 Å². The lowest BCUT2D eigenvalue weighted by Crippen LogP contribution is -2.21. The molecule has 19 heavy (non-hydrogen) atoms. The Morgan fingerprint density at radius 3 is 2.74 bits per heavy atom. The first-order chi connectivity index (χ1) is 9.11. The molecule has 1 aromatic rings. The molecule has 3 heteroatoms. The summed E-state index contributed by atoms with van der Waals surface area (Å²) in [7, 11) is 5.58. The van der Waals surface area contributed by atoms with Crippen LogP contribution in [0.1, 0.15) is 42.0 Å². The van der Waals surface area contributed by atoms with Crippen molar-refractivity contribution in [2.75, 3.05) is 21.2 Å². The molecule has 0 aromatic heterocycles. The fraction of sp³-hybridized carbons (Fsp3) is 0.562. The molecule has 104 valence electrons. The normalized spacial score (nSPS) is 15.4. The third-order valence-corrected chi connectivity index (χ3v) is 3.98. The average Bonchev–Trinajstić information content (AvgIpc) is 2.85. The second-order valence-electron chi connectivity index (χ2n) is 5.48. The zero-order chi connectivity index (χ0) is 13.8. The number of esters is 1. The van der Waals surface area contributed by atoms with Gasteiger partial charge in [-0.05, 0) is 56.5 Å². The Labute approximate surface area is 115 Å². The summed E-state index contributed by atoms with van der Waals surface area (Å²) < 4.78 is 4.73. The monoisotopic (exact) mass is 261 g/mol. The zero-order valence-electron chi connectivity index (χ0n) is 12.1. The molecule has 0 aliphatic heterocycles. The number of ether oxygens (including phenoxy) is 1. The number of carbonyl (C=O) groups excluding carboxylic acids is 1. The molecule has 0 saturated carbocycles. The minimum atomic E-state index is -0.131. The molecule has 0 heterocycles. The van der Waals surface area contributed by atoms with Crippen molar-refractivity contribution in [3.63, 3.8) is 0 Å². The topological polar surface area (TPSA) is 29.5 Å². The molecular formula is C16H23NO2. The van der Waals surface area contributed by atoms with Crippen LogP contribution >= 0.6 is 0 Å². The van der Waals surface area contributed by atoms with Crippen molar-refractivity contribution in [3.05, 3.63) is 34.9 Å². The van der Waals surface area contributed by atoms with Crippen LogP contribution in [0.3, 0.4) is 0 Å². The van der Waals surface area contributed by atoms with E-state index in [0.29, 0.717) is 6.42 Å². The first kappa shape index (κ1) is 14.1. The first-order valence-electron chi connectivity index (χ1n) is 6.96. The summed E-state index contributed by atoms with van der Waals surface area (Å²) in [6.45, 7) is 0. The molecule has 3 nitrogen and oxygen atoms in total. The van der Waals surface area contributed by atoms with E-state index in [1.165, 1.54) is 43.1 Å². The molecule has 1 aliphatic rings. The van der Waals surface area contributed by atoms with Crippen LogP contribution in [-0.4, -0.2) is 32.1 Å². The number of aryl methyl sites for hydroxylation is 2. The maximum atomic E-state index is 11.3. The molecule has 0 bridgehead atoms. The van der Waals surface area contributed by atoms with E-state index in [9.17, 15) is 4.79 Å². The summed E-state index contributed by atoms with van der Waals surface area (Å²) in [5.41, 5.74) is 4.30. The lowest BCUT2D eigenvalue weighted by Gasteiger charge is -2.25. The van der Waals surface area contributed by atoms with Crippen LogP contribution < -0.4 is 0 Å². The summed E-state index contributed by atoms with van der Waals surface area (Å²) in [5, 5.41) is 0. The van der Waals surface area contributed by atoms with Crippen molar-refractivity contribution in [1.82, 2.24) is 4.90 Å². The van der Waals surface area contributed by atoms with E-state index < -0.39 is 0 Å². The quantitative estimate of drug-likeness (QED) is 0.763. The van der Waals surface area contributed by atoms with Crippen molar-refractivity contribution in [2.45, 2.75) is 38.1 Å². The van der Waals surface area contributed by atoms with Gasteiger partial charge in [-0.15, -0.1) is 0 Å². The highest BCUT2D eigenvalue weighted by atomic mass is 16.5. The van der Waals surface area contributed by atoms with E-state index in [1.807, 2.05) is 0 Å². The third-order valence-electron chi connectivity index (χ3n) is 3.98. The predicted molar refractivity (Wildman–Crippen MR) is 76.1 cm³/mol. The van der Waals surface area contributed by atoms with Crippen molar-refractivity contribution >= 4 is 5.97 Å². The van der Waals surface area contributed by atoms with E-state index >= 15 is 0 Å². The highest BCUT2D eigenvalue weighted by Crippen LogP contribution is 2.29. The maximum Gasteiger partial charge on any atom is 0.305 e. The van der Waals surface area contributed by atoms with E-state index in [2.05, 4.69) is 37.2 Å². The van der Waals surface area contributed by atoms with Gasteiger partial charge in [0.25, 0.3) is 0 Å². The van der Waals surface area contributed by atoms with Crippen molar-refractivity contribution in [3.8, 4) is 0 Å². The molecule has 0 spiro atoms. The maximum absolute atomic E-state index is 11.3. The largest absolute Gasteiger partial charge is 0.469 e.